The van der Waals surface area contributed by atoms with Crippen LogP contribution in [0.3, 0.4) is 0 Å². The Morgan fingerprint density at radius 3 is 3.00 bits per heavy atom. The van der Waals surface area contributed by atoms with Gasteiger partial charge in [-0.25, -0.2) is 19.0 Å². The number of benzene rings is 1. The Morgan fingerprint density at radius 1 is 1.32 bits per heavy atom. The Morgan fingerprint density at radius 2 is 2.21 bits per heavy atom. The van der Waals surface area contributed by atoms with Crippen LogP contribution in [0.1, 0.15) is 6.92 Å². The van der Waals surface area contributed by atoms with Crippen molar-refractivity contribution < 1.29 is 4.39 Å². The molecule has 2 heterocycles. The molecule has 0 radical (unpaired) electrons. The topological polar surface area (TPSA) is 68.5 Å². The van der Waals surface area contributed by atoms with Crippen LogP contribution in [0.2, 0.25) is 0 Å². The minimum atomic E-state index is -0.312. The van der Waals surface area contributed by atoms with Crippen molar-refractivity contribution in [2.75, 3.05) is 5.32 Å². The highest BCUT2D eigenvalue weighted by Gasteiger charge is 2.10. The van der Waals surface area contributed by atoms with Crippen molar-refractivity contribution in [1.29, 1.82) is 0 Å². The summed E-state index contributed by atoms with van der Waals surface area (Å²) in [6.07, 6.45) is 1.43. The fourth-order valence-electron chi connectivity index (χ4n) is 1.80. The van der Waals surface area contributed by atoms with Crippen molar-refractivity contribution in [3.8, 4) is 0 Å². The number of halogens is 1. The first-order chi connectivity index (χ1) is 9.28. The second-order valence-corrected chi connectivity index (χ2v) is 3.94. The minimum Gasteiger partial charge on any atom is -0.338 e. The van der Waals surface area contributed by atoms with Crippen molar-refractivity contribution in [1.82, 2.24) is 25.0 Å². The standard InChI is InChI=1S/C12H11FN6/c1-2-19-12-10(17-18-19)11(14-7-15-12)16-9-5-3-4-8(13)6-9/h3-7H,2H2,1H3,(H,14,15,16). The fraction of sp³-hybridized carbons (Fsp3) is 0.167. The van der Waals surface area contributed by atoms with Crippen LogP contribution in [0.4, 0.5) is 15.9 Å². The lowest BCUT2D eigenvalue weighted by atomic mass is 10.3. The lowest BCUT2D eigenvalue weighted by molar-refractivity contribution is 0.628. The average Bonchev–Trinajstić information content (AvgIpc) is 2.83. The number of hydrogen-bond acceptors (Lipinski definition) is 5. The van der Waals surface area contributed by atoms with Crippen molar-refractivity contribution in [2.45, 2.75) is 13.5 Å². The number of fused-ring (bicyclic) bond motifs is 1. The monoisotopic (exact) mass is 258 g/mol. The summed E-state index contributed by atoms with van der Waals surface area (Å²) in [7, 11) is 0. The van der Waals surface area contributed by atoms with Gasteiger partial charge >= 0.3 is 0 Å². The van der Waals surface area contributed by atoms with Gasteiger partial charge in [-0.3, -0.25) is 0 Å². The van der Waals surface area contributed by atoms with E-state index in [9.17, 15) is 4.39 Å². The lowest BCUT2D eigenvalue weighted by Gasteiger charge is -2.05. The average molecular weight is 258 g/mol. The van der Waals surface area contributed by atoms with Crippen molar-refractivity contribution in [3.05, 3.63) is 36.4 Å². The molecule has 0 aliphatic rings. The van der Waals surface area contributed by atoms with Gasteiger partial charge in [0.15, 0.2) is 17.0 Å². The van der Waals surface area contributed by atoms with Gasteiger partial charge in [-0.15, -0.1) is 5.10 Å². The van der Waals surface area contributed by atoms with Gasteiger partial charge in [0.05, 0.1) is 0 Å². The summed E-state index contributed by atoms with van der Waals surface area (Å²) < 4.78 is 14.8. The molecule has 1 N–H and O–H groups in total. The molecule has 96 valence electrons. The maximum Gasteiger partial charge on any atom is 0.183 e. The maximum atomic E-state index is 13.1. The molecule has 0 amide bonds. The maximum absolute atomic E-state index is 13.1. The number of nitrogens with zero attached hydrogens (tertiary/aromatic N) is 5. The Bertz CT molecular complexity index is 723. The molecule has 0 saturated carbocycles. The van der Waals surface area contributed by atoms with E-state index < -0.39 is 0 Å². The number of hydrogen-bond donors (Lipinski definition) is 1. The van der Waals surface area contributed by atoms with E-state index in [4.69, 9.17) is 0 Å². The lowest BCUT2D eigenvalue weighted by Crippen LogP contribution is -1.99. The Labute approximate surface area is 108 Å². The van der Waals surface area contributed by atoms with Crippen LogP contribution in [-0.4, -0.2) is 25.0 Å². The predicted molar refractivity (Wildman–Crippen MR) is 68.5 cm³/mol. The third-order valence-corrected chi connectivity index (χ3v) is 2.69. The molecule has 19 heavy (non-hydrogen) atoms. The molecule has 1 aromatic carbocycles. The van der Waals surface area contributed by atoms with Crippen LogP contribution < -0.4 is 5.32 Å². The van der Waals surface area contributed by atoms with Crippen LogP contribution in [0.15, 0.2) is 30.6 Å². The van der Waals surface area contributed by atoms with Crippen LogP contribution in [-0.2, 0) is 6.54 Å². The van der Waals surface area contributed by atoms with Gasteiger partial charge in [0.2, 0.25) is 0 Å². The first-order valence-electron chi connectivity index (χ1n) is 5.84. The van der Waals surface area contributed by atoms with Crippen LogP contribution >= 0.6 is 0 Å². The summed E-state index contributed by atoms with van der Waals surface area (Å²) in [6, 6.07) is 6.15. The SMILES string of the molecule is CCn1nnc2c(Nc3cccc(F)c3)ncnc21. The first kappa shape index (κ1) is 11.5. The van der Waals surface area contributed by atoms with Gasteiger partial charge in [0.25, 0.3) is 0 Å². The van der Waals surface area contributed by atoms with Gasteiger partial charge in [0.1, 0.15) is 12.1 Å². The van der Waals surface area contributed by atoms with E-state index in [0.29, 0.717) is 29.2 Å². The zero-order valence-corrected chi connectivity index (χ0v) is 10.2. The number of anilines is 2. The molecule has 0 fully saturated rings. The van der Waals surface area contributed by atoms with E-state index >= 15 is 0 Å². The van der Waals surface area contributed by atoms with E-state index in [1.165, 1.54) is 18.5 Å². The van der Waals surface area contributed by atoms with Gasteiger partial charge in [-0.05, 0) is 25.1 Å². The molecule has 6 nitrogen and oxygen atoms in total. The third-order valence-electron chi connectivity index (χ3n) is 2.69. The Balaban J connectivity index is 2.03. The highest BCUT2D eigenvalue weighted by atomic mass is 19.1. The minimum absolute atomic E-state index is 0.312. The predicted octanol–water partition coefficient (Wildman–Crippen LogP) is 2.12. The molecular weight excluding hydrogens is 247 g/mol. The molecule has 2 aromatic heterocycles. The second-order valence-electron chi connectivity index (χ2n) is 3.94. The number of aromatic nitrogens is 5. The molecule has 0 spiro atoms. The zero-order chi connectivity index (χ0) is 13.2. The largest absolute Gasteiger partial charge is 0.338 e. The first-order valence-corrected chi connectivity index (χ1v) is 5.84. The molecule has 0 aliphatic heterocycles. The molecule has 0 unspecified atom stereocenters. The Hall–Kier alpha value is -2.57. The summed E-state index contributed by atoms with van der Waals surface area (Å²) in [6.45, 7) is 2.63. The number of rotatable bonds is 3. The van der Waals surface area contributed by atoms with E-state index in [1.54, 1.807) is 16.8 Å². The molecule has 0 saturated heterocycles. The summed E-state index contributed by atoms with van der Waals surface area (Å²) >= 11 is 0. The summed E-state index contributed by atoms with van der Waals surface area (Å²) in [5.41, 5.74) is 1.82. The molecule has 3 rings (SSSR count). The van der Waals surface area contributed by atoms with Crippen LogP contribution in [0.5, 0.6) is 0 Å². The zero-order valence-electron chi connectivity index (χ0n) is 10.2. The van der Waals surface area contributed by atoms with Gasteiger partial charge in [-0.2, -0.15) is 0 Å². The molecule has 7 heteroatoms. The van der Waals surface area contributed by atoms with Gasteiger partial charge < -0.3 is 5.32 Å². The molecule has 0 atom stereocenters. The van der Waals surface area contributed by atoms with E-state index in [-0.39, 0.29) is 5.82 Å². The van der Waals surface area contributed by atoms with Crippen LogP contribution in [0, 0.1) is 5.82 Å². The fourth-order valence-corrected chi connectivity index (χ4v) is 1.80. The van der Waals surface area contributed by atoms with Gasteiger partial charge in [0, 0.05) is 12.2 Å². The number of aryl methyl sites for hydroxylation is 1. The summed E-state index contributed by atoms with van der Waals surface area (Å²) in [4.78, 5) is 8.26. The highest BCUT2D eigenvalue weighted by Crippen LogP contribution is 2.21. The van der Waals surface area contributed by atoms with E-state index in [2.05, 4.69) is 25.6 Å². The van der Waals surface area contributed by atoms with Gasteiger partial charge in [-0.1, -0.05) is 11.3 Å². The Kier molecular flexibility index (Phi) is 2.79. The third kappa shape index (κ3) is 2.10. The normalized spacial score (nSPS) is 10.8. The summed E-state index contributed by atoms with van der Waals surface area (Å²) in [5, 5.41) is 11.0. The molecule has 0 bridgehead atoms. The molecule has 3 aromatic rings. The second kappa shape index (κ2) is 4.60. The van der Waals surface area contributed by atoms with Crippen molar-refractivity contribution in [2.24, 2.45) is 0 Å². The smallest absolute Gasteiger partial charge is 0.183 e. The summed E-state index contributed by atoms with van der Waals surface area (Å²) in [5.74, 6) is 0.197. The highest BCUT2D eigenvalue weighted by molar-refractivity contribution is 5.84. The van der Waals surface area contributed by atoms with Crippen molar-refractivity contribution >= 4 is 22.7 Å². The van der Waals surface area contributed by atoms with E-state index in [1.807, 2.05) is 6.92 Å². The van der Waals surface area contributed by atoms with Crippen molar-refractivity contribution in [3.63, 3.8) is 0 Å². The molecule has 0 aliphatic carbocycles. The quantitative estimate of drug-likeness (QED) is 0.779. The number of nitrogens with one attached hydrogen (secondary N) is 1. The van der Waals surface area contributed by atoms with Crippen LogP contribution in [0.25, 0.3) is 11.2 Å². The molecular formula is C12H11FN6. The van der Waals surface area contributed by atoms with E-state index in [0.717, 1.165) is 0 Å².